The molecule has 0 radical (unpaired) electrons. The van der Waals surface area contributed by atoms with Gasteiger partial charge in [0.1, 0.15) is 0 Å². The third kappa shape index (κ3) is 3.45. The summed E-state index contributed by atoms with van der Waals surface area (Å²) in [6.45, 7) is 3.60. The van der Waals surface area contributed by atoms with Crippen molar-refractivity contribution >= 4 is 23.1 Å². The van der Waals surface area contributed by atoms with E-state index in [9.17, 15) is 4.79 Å². The predicted octanol–water partition coefficient (Wildman–Crippen LogP) is 1.70. The first-order valence-corrected chi connectivity index (χ1v) is 6.29. The first-order valence-electron chi connectivity index (χ1n) is 5.41. The maximum Gasteiger partial charge on any atom is 0.231 e. The first kappa shape index (κ1) is 13.5. The normalized spacial score (nSPS) is 15.3. The van der Waals surface area contributed by atoms with Crippen molar-refractivity contribution in [3.05, 3.63) is 22.4 Å². The molecule has 0 aliphatic heterocycles. The standard InChI is InChI=1S/C11H17N3O2S/c1-3-8(9-5-4-6-17-9)13-11(15)7(2)10(12)14-16/h4-8,16H,3H2,1-2H3,(H2,12,14)(H,13,15). The van der Waals surface area contributed by atoms with Gasteiger partial charge < -0.3 is 16.3 Å². The summed E-state index contributed by atoms with van der Waals surface area (Å²) in [6, 6.07) is 3.91. The van der Waals surface area contributed by atoms with Crippen LogP contribution in [0.1, 0.15) is 31.2 Å². The third-order valence-corrected chi connectivity index (χ3v) is 3.55. The van der Waals surface area contributed by atoms with E-state index < -0.39 is 5.92 Å². The lowest BCUT2D eigenvalue weighted by molar-refractivity contribution is -0.123. The zero-order chi connectivity index (χ0) is 12.8. The number of amides is 1. The Bertz CT molecular complexity index is 389. The highest BCUT2D eigenvalue weighted by atomic mass is 32.1. The summed E-state index contributed by atoms with van der Waals surface area (Å²) in [5, 5.41) is 16.2. The van der Waals surface area contributed by atoms with Crippen molar-refractivity contribution in [2.24, 2.45) is 16.8 Å². The van der Waals surface area contributed by atoms with Crippen molar-refractivity contribution in [2.45, 2.75) is 26.3 Å². The number of hydrogen-bond donors (Lipinski definition) is 3. The van der Waals surface area contributed by atoms with Crippen LogP contribution in [0.15, 0.2) is 22.7 Å². The molecule has 0 fully saturated rings. The van der Waals surface area contributed by atoms with Gasteiger partial charge in [0, 0.05) is 4.88 Å². The zero-order valence-corrected chi connectivity index (χ0v) is 10.7. The number of carbonyl (C=O) groups is 1. The van der Waals surface area contributed by atoms with Gasteiger partial charge in [-0.2, -0.15) is 0 Å². The molecule has 6 heteroatoms. The summed E-state index contributed by atoms with van der Waals surface area (Å²) in [4.78, 5) is 12.9. The molecule has 1 rings (SSSR count). The van der Waals surface area contributed by atoms with Crippen LogP contribution < -0.4 is 11.1 Å². The van der Waals surface area contributed by atoms with Gasteiger partial charge in [-0.1, -0.05) is 18.1 Å². The highest BCUT2D eigenvalue weighted by molar-refractivity contribution is 7.10. The fourth-order valence-corrected chi connectivity index (χ4v) is 2.24. The van der Waals surface area contributed by atoms with Crippen LogP contribution in [0.3, 0.4) is 0 Å². The largest absolute Gasteiger partial charge is 0.409 e. The van der Waals surface area contributed by atoms with Crippen LogP contribution >= 0.6 is 11.3 Å². The second-order valence-corrected chi connectivity index (χ2v) is 4.71. The van der Waals surface area contributed by atoms with E-state index in [-0.39, 0.29) is 17.8 Å². The Balaban J connectivity index is 2.67. The zero-order valence-electron chi connectivity index (χ0n) is 9.88. The molecule has 0 bridgehead atoms. The minimum absolute atomic E-state index is 0.0172. The molecule has 0 saturated heterocycles. The number of carbonyl (C=O) groups excluding carboxylic acids is 1. The van der Waals surface area contributed by atoms with E-state index in [2.05, 4.69) is 10.5 Å². The Labute approximate surface area is 104 Å². The molecule has 0 spiro atoms. The van der Waals surface area contributed by atoms with Crippen LogP contribution in [-0.2, 0) is 4.79 Å². The summed E-state index contributed by atoms with van der Waals surface area (Å²) in [6.07, 6.45) is 0.801. The van der Waals surface area contributed by atoms with Crippen molar-refractivity contribution in [1.82, 2.24) is 5.32 Å². The maximum atomic E-state index is 11.8. The molecule has 2 atom stereocenters. The number of oxime groups is 1. The quantitative estimate of drug-likeness (QED) is 0.324. The number of nitrogens with one attached hydrogen (secondary N) is 1. The molecule has 94 valence electrons. The van der Waals surface area contributed by atoms with E-state index >= 15 is 0 Å². The summed E-state index contributed by atoms with van der Waals surface area (Å²) >= 11 is 1.60. The third-order valence-electron chi connectivity index (χ3n) is 2.56. The van der Waals surface area contributed by atoms with Gasteiger partial charge in [0.15, 0.2) is 5.84 Å². The molecule has 17 heavy (non-hydrogen) atoms. The highest BCUT2D eigenvalue weighted by Crippen LogP contribution is 2.21. The number of hydrogen-bond acceptors (Lipinski definition) is 4. The second kappa shape index (κ2) is 6.24. The molecule has 0 saturated carbocycles. The lowest BCUT2D eigenvalue weighted by atomic mass is 10.1. The topological polar surface area (TPSA) is 87.7 Å². The van der Waals surface area contributed by atoms with Crippen LogP contribution in [0, 0.1) is 5.92 Å². The smallest absolute Gasteiger partial charge is 0.231 e. The highest BCUT2D eigenvalue weighted by Gasteiger charge is 2.21. The Morgan fingerprint density at radius 2 is 2.41 bits per heavy atom. The molecule has 2 unspecified atom stereocenters. The van der Waals surface area contributed by atoms with Crippen LogP contribution in [0.2, 0.25) is 0 Å². The molecular formula is C11H17N3O2S. The first-order chi connectivity index (χ1) is 8.10. The van der Waals surface area contributed by atoms with E-state index in [0.717, 1.165) is 11.3 Å². The van der Waals surface area contributed by atoms with Gasteiger partial charge in [0.05, 0.1) is 12.0 Å². The molecule has 0 aromatic carbocycles. The fourth-order valence-electron chi connectivity index (χ4n) is 1.38. The van der Waals surface area contributed by atoms with Crippen molar-refractivity contribution < 1.29 is 10.0 Å². The lowest BCUT2D eigenvalue weighted by Gasteiger charge is -2.18. The van der Waals surface area contributed by atoms with Gasteiger partial charge in [-0.15, -0.1) is 11.3 Å². The summed E-state index contributed by atoms with van der Waals surface area (Å²) in [5.41, 5.74) is 5.40. The Morgan fingerprint density at radius 3 is 2.88 bits per heavy atom. The summed E-state index contributed by atoms with van der Waals surface area (Å²) in [7, 11) is 0. The number of rotatable bonds is 5. The fraction of sp³-hybridized carbons (Fsp3) is 0.455. The van der Waals surface area contributed by atoms with Gasteiger partial charge in [0.25, 0.3) is 0 Å². The molecule has 5 nitrogen and oxygen atoms in total. The number of amidine groups is 1. The second-order valence-electron chi connectivity index (χ2n) is 3.73. The summed E-state index contributed by atoms with van der Waals surface area (Å²) < 4.78 is 0. The van der Waals surface area contributed by atoms with Gasteiger partial charge >= 0.3 is 0 Å². The molecule has 1 amide bonds. The Kier molecular flexibility index (Phi) is 4.96. The molecule has 0 aliphatic rings. The molecular weight excluding hydrogens is 238 g/mol. The Hall–Kier alpha value is -1.56. The molecule has 4 N–H and O–H groups in total. The molecule has 1 heterocycles. The molecule has 0 aliphatic carbocycles. The minimum atomic E-state index is -0.631. The van der Waals surface area contributed by atoms with Crippen LogP contribution in [-0.4, -0.2) is 17.0 Å². The van der Waals surface area contributed by atoms with Crippen LogP contribution in [0.5, 0.6) is 0 Å². The molecule has 1 aromatic heterocycles. The van der Waals surface area contributed by atoms with Crippen LogP contribution in [0.4, 0.5) is 0 Å². The monoisotopic (exact) mass is 255 g/mol. The van der Waals surface area contributed by atoms with Crippen molar-refractivity contribution in [1.29, 1.82) is 0 Å². The van der Waals surface area contributed by atoms with Gasteiger partial charge in [-0.3, -0.25) is 4.79 Å². The van der Waals surface area contributed by atoms with E-state index in [4.69, 9.17) is 10.9 Å². The van der Waals surface area contributed by atoms with E-state index in [0.29, 0.717) is 0 Å². The SMILES string of the molecule is CCC(NC(=O)C(C)C(N)=NO)c1cccs1. The predicted molar refractivity (Wildman–Crippen MR) is 68.1 cm³/mol. The van der Waals surface area contributed by atoms with Gasteiger partial charge in [-0.05, 0) is 24.8 Å². The van der Waals surface area contributed by atoms with Gasteiger partial charge in [-0.25, -0.2) is 0 Å². The molecule has 1 aromatic rings. The van der Waals surface area contributed by atoms with Crippen molar-refractivity contribution in [2.75, 3.05) is 0 Å². The Morgan fingerprint density at radius 1 is 1.71 bits per heavy atom. The number of nitrogens with two attached hydrogens (primary N) is 1. The summed E-state index contributed by atoms with van der Waals surface area (Å²) in [5.74, 6) is -0.946. The van der Waals surface area contributed by atoms with E-state index in [1.54, 1.807) is 18.3 Å². The number of nitrogens with zero attached hydrogens (tertiary/aromatic N) is 1. The van der Waals surface area contributed by atoms with Crippen molar-refractivity contribution in [3.63, 3.8) is 0 Å². The van der Waals surface area contributed by atoms with Crippen molar-refractivity contribution in [3.8, 4) is 0 Å². The van der Waals surface area contributed by atoms with E-state index in [1.165, 1.54) is 0 Å². The van der Waals surface area contributed by atoms with Crippen LogP contribution in [0.25, 0.3) is 0 Å². The van der Waals surface area contributed by atoms with E-state index in [1.807, 2.05) is 24.4 Å². The minimum Gasteiger partial charge on any atom is -0.409 e. The maximum absolute atomic E-state index is 11.8. The average molecular weight is 255 g/mol. The lowest BCUT2D eigenvalue weighted by Crippen LogP contribution is -2.38. The van der Waals surface area contributed by atoms with Gasteiger partial charge in [0.2, 0.25) is 5.91 Å². The number of thiophene rings is 1. The average Bonchev–Trinajstić information content (AvgIpc) is 2.87.